The number of nitrogens with one attached hydrogen (secondary N) is 1. The average molecular weight is 394 g/mol. The van der Waals surface area contributed by atoms with Crippen molar-refractivity contribution in [1.29, 1.82) is 0 Å². The second-order valence-electron chi connectivity index (χ2n) is 6.47. The number of aromatic nitrogens is 3. The Kier molecular flexibility index (Phi) is 5.12. The normalized spacial score (nSPS) is 15.2. The van der Waals surface area contributed by atoms with Gasteiger partial charge < -0.3 is 5.32 Å². The van der Waals surface area contributed by atoms with Gasteiger partial charge in [-0.05, 0) is 23.3 Å². The first-order valence-electron chi connectivity index (χ1n) is 8.84. The quantitative estimate of drug-likeness (QED) is 0.658. The van der Waals surface area contributed by atoms with E-state index < -0.39 is 5.25 Å². The van der Waals surface area contributed by atoms with E-state index in [4.69, 9.17) is 0 Å². The summed E-state index contributed by atoms with van der Waals surface area (Å²) < 4.78 is 2.71. The Balaban J connectivity index is 1.50. The number of carbonyl (C=O) groups excluding carboxylic acids is 1. The van der Waals surface area contributed by atoms with Crippen LogP contribution in [0.1, 0.15) is 11.1 Å². The van der Waals surface area contributed by atoms with Crippen molar-refractivity contribution in [2.24, 2.45) is 0 Å². The van der Waals surface area contributed by atoms with Gasteiger partial charge in [0.05, 0.1) is 11.6 Å². The Labute approximate surface area is 165 Å². The van der Waals surface area contributed by atoms with E-state index in [1.807, 2.05) is 42.5 Å². The number of carbonyl (C=O) groups is 1. The first kappa shape index (κ1) is 18.2. The molecule has 1 unspecified atom stereocenters. The molecule has 28 heavy (non-hydrogen) atoms. The Bertz CT molecular complexity index is 1110. The summed E-state index contributed by atoms with van der Waals surface area (Å²) in [5.74, 6) is -0.160. The number of benzene rings is 1. The van der Waals surface area contributed by atoms with Crippen molar-refractivity contribution in [3.8, 4) is 0 Å². The summed E-state index contributed by atoms with van der Waals surface area (Å²) in [7, 11) is 0. The van der Waals surface area contributed by atoms with E-state index in [0.717, 1.165) is 11.1 Å². The summed E-state index contributed by atoms with van der Waals surface area (Å²) in [5, 5.41) is 2.96. The molecule has 1 aliphatic rings. The van der Waals surface area contributed by atoms with E-state index in [1.165, 1.54) is 27.0 Å². The fraction of sp³-hybridized carbons (Fsp3) is 0.200. The summed E-state index contributed by atoms with van der Waals surface area (Å²) in [6.45, 7) is 0.850. The maximum atomic E-state index is 12.8. The number of fused-ring (bicyclic) bond motifs is 1. The maximum Gasteiger partial charge on any atom is 0.332 e. The molecule has 1 aromatic carbocycles. The number of thioether (sulfide) groups is 1. The number of rotatable bonds is 5. The SMILES string of the molecule is O=C(NCc1ccncc1)C1Cn2c(cc(=O)n(Cc3ccccc3)c2=O)S1. The molecule has 0 radical (unpaired) electrons. The van der Waals surface area contributed by atoms with Crippen LogP contribution in [0.15, 0.2) is 75.5 Å². The molecule has 0 saturated carbocycles. The van der Waals surface area contributed by atoms with Gasteiger partial charge in [-0.2, -0.15) is 0 Å². The fourth-order valence-corrected chi connectivity index (χ4v) is 4.22. The van der Waals surface area contributed by atoms with E-state index in [9.17, 15) is 14.4 Å². The smallest absolute Gasteiger partial charge is 0.332 e. The van der Waals surface area contributed by atoms with Crippen molar-refractivity contribution in [2.75, 3.05) is 0 Å². The van der Waals surface area contributed by atoms with Crippen molar-refractivity contribution in [3.63, 3.8) is 0 Å². The third kappa shape index (κ3) is 3.77. The van der Waals surface area contributed by atoms with E-state index in [1.54, 1.807) is 12.4 Å². The van der Waals surface area contributed by atoms with Crippen LogP contribution in [0.25, 0.3) is 0 Å². The Morgan fingerprint density at radius 2 is 1.86 bits per heavy atom. The van der Waals surface area contributed by atoms with Crippen molar-refractivity contribution in [3.05, 3.63) is 92.9 Å². The van der Waals surface area contributed by atoms with Crippen LogP contribution < -0.4 is 16.6 Å². The predicted octanol–water partition coefficient (Wildman–Crippen LogP) is 1.24. The van der Waals surface area contributed by atoms with Crippen LogP contribution in [0.2, 0.25) is 0 Å². The lowest BCUT2D eigenvalue weighted by Crippen LogP contribution is -2.40. The van der Waals surface area contributed by atoms with E-state index in [2.05, 4.69) is 10.3 Å². The van der Waals surface area contributed by atoms with Crippen LogP contribution in [0, 0.1) is 0 Å². The average Bonchev–Trinajstić information content (AvgIpc) is 3.15. The second kappa shape index (κ2) is 7.85. The summed E-state index contributed by atoms with van der Waals surface area (Å²) in [5.41, 5.74) is 1.08. The lowest BCUT2D eigenvalue weighted by Gasteiger charge is -2.10. The zero-order valence-electron chi connectivity index (χ0n) is 14.9. The number of pyridine rings is 1. The highest BCUT2D eigenvalue weighted by Crippen LogP contribution is 2.29. The molecule has 3 heterocycles. The molecular formula is C20H18N4O3S. The van der Waals surface area contributed by atoms with Crippen LogP contribution in [-0.4, -0.2) is 25.3 Å². The van der Waals surface area contributed by atoms with Gasteiger partial charge in [-0.3, -0.25) is 23.7 Å². The number of hydrogen-bond donors (Lipinski definition) is 1. The topological polar surface area (TPSA) is 86.0 Å². The monoisotopic (exact) mass is 394 g/mol. The number of amides is 1. The van der Waals surface area contributed by atoms with Gasteiger partial charge in [-0.25, -0.2) is 4.79 Å². The largest absolute Gasteiger partial charge is 0.351 e. The van der Waals surface area contributed by atoms with Crippen molar-refractivity contribution in [1.82, 2.24) is 19.4 Å². The molecule has 2 aromatic heterocycles. The minimum atomic E-state index is -0.443. The van der Waals surface area contributed by atoms with Gasteiger partial charge >= 0.3 is 5.69 Å². The van der Waals surface area contributed by atoms with E-state index in [0.29, 0.717) is 11.6 Å². The zero-order valence-corrected chi connectivity index (χ0v) is 15.8. The first-order valence-corrected chi connectivity index (χ1v) is 9.71. The molecule has 142 valence electrons. The Hall–Kier alpha value is -3.13. The lowest BCUT2D eigenvalue weighted by molar-refractivity contribution is -0.120. The molecule has 0 spiro atoms. The summed E-state index contributed by atoms with van der Waals surface area (Å²) in [6, 6.07) is 14.4. The van der Waals surface area contributed by atoms with Crippen molar-refractivity contribution >= 4 is 17.7 Å². The molecule has 7 nitrogen and oxygen atoms in total. The zero-order chi connectivity index (χ0) is 19.5. The van der Waals surface area contributed by atoms with Gasteiger partial charge in [0, 0.05) is 31.5 Å². The Morgan fingerprint density at radius 1 is 1.11 bits per heavy atom. The molecule has 0 aliphatic carbocycles. The van der Waals surface area contributed by atoms with Crippen molar-refractivity contribution < 1.29 is 4.79 Å². The van der Waals surface area contributed by atoms with Gasteiger partial charge in [0.2, 0.25) is 5.91 Å². The van der Waals surface area contributed by atoms with Crippen LogP contribution in [-0.2, 0) is 24.4 Å². The number of nitrogens with zero attached hydrogens (tertiary/aromatic N) is 3. The summed E-state index contributed by atoms with van der Waals surface area (Å²) in [4.78, 5) is 41.7. The van der Waals surface area contributed by atoms with Crippen LogP contribution >= 0.6 is 11.8 Å². The van der Waals surface area contributed by atoms with Gasteiger partial charge in [-0.1, -0.05) is 42.1 Å². The summed E-state index contributed by atoms with van der Waals surface area (Å²) >= 11 is 1.25. The highest BCUT2D eigenvalue weighted by Gasteiger charge is 2.30. The van der Waals surface area contributed by atoms with Gasteiger partial charge in [0.25, 0.3) is 5.56 Å². The van der Waals surface area contributed by atoms with E-state index >= 15 is 0 Å². The van der Waals surface area contributed by atoms with Gasteiger partial charge in [0.15, 0.2) is 0 Å². The third-order valence-corrected chi connectivity index (χ3v) is 5.77. The molecule has 0 fully saturated rings. The molecule has 1 amide bonds. The molecular weight excluding hydrogens is 376 g/mol. The van der Waals surface area contributed by atoms with Crippen molar-refractivity contribution in [2.45, 2.75) is 29.9 Å². The van der Waals surface area contributed by atoms with Crippen LogP contribution in [0.4, 0.5) is 0 Å². The molecule has 8 heteroatoms. The standard InChI is InChI=1S/C20H18N4O3S/c25-17-10-18-24(20(27)23(17)12-15-4-2-1-3-5-15)13-16(28-18)19(26)22-11-14-6-8-21-9-7-14/h1-10,16H,11-13H2,(H,22,26). The second-order valence-corrected chi connectivity index (χ2v) is 7.69. The van der Waals surface area contributed by atoms with Crippen LogP contribution in [0.5, 0.6) is 0 Å². The van der Waals surface area contributed by atoms with E-state index in [-0.39, 0.29) is 30.2 Å². The highest BCUT2D eigenvalue weighted by molar-refractivity contribution is 8.00. The van der Waals surface area contributed by atoms with Gasteiger partial charge in [-0.15, -0.1) is 0 Å². The molecule has 1 N–H and O–H groups in total. The molecule has 0 saturated heterocycles. The molecule has 1 atom stereocenters. The van der Waals surface area contributed by atoms with Crippen LogP contribution in [0.3, 0.4) is 0 Å². The Morgan fingerprint density at radius 3 is 2.61 bits per heavy atom. The third-order valence-electron chi connectivity index (χ3n) is 4.54. The summed E-state index contributed by atoms with van der Waals surface area (Å²) in [6.07, 6.45) is 3.34. The first-order chi connectivity index (χ1) is 13.6. The molecule has 0 bridgehead atoms. The maximum absolute atomic E-state index is 12.8. The molecule has 3 aromatic rings. The van der Waals surface area contributed by atoms with Gasteiger partial charge in [0.1, 0.15) is 5.25 Å². The molecule has 1 aliphatic heterocycles. The number of hydrogen-bond acceptors (Lipinski definition) is 5. The highest BCUT2D eigenvalue weighted by atomic mass is 32.2. The predicted molar refractivity (Wildman–Crippen MR) is 106 cm³/mol. The minimum Gasteiger partial charge on any atom is -0.351 e. The minimum absolute atomic E-state index is 0.160. The fourth-order valence-electron chi connectivity index (χ4n) is 3.06. The lowest BCUT2D eigenvalue weighted by atomic mass is 10.2. The molecule has 4 rings (SSSR count).